The molecule has 1 aliphatic rings. The third-order valence-electron chi connectivity index (χ3n) is 5.84. The molecule has 0 saturated carbocycles. The van der Waals surface area contributed by atoms with E-state index in [1.165, 1.54) is 0 Å². The lowest BCUT2D eigenvalue weighted by molar-refractivity contribution is 0.0189. The predicted molar refractivity (Wildman–Crippen MR) is 120 cm³/mol. The highest BCUT2D eigenvalue weighted by Crippen LogP contribution is 2.44. The van der Waals surface area contributed by atoms with Gasteiger partial charge in [-0.25, -0.2) is 4.79 Å². The summed E-state index contributed by atoms with van der Waals surface area (Å²) in [6.45, 7) is 1.85. The normalized spacial score (nSPS) is 14.4. The smallest absolute Gasteiger partial charge is 0.407 e. The molecule has 6 nitrogen and oxygen atoms in total. The van der Waals surface area contributed by atoms with Crippen molar-refractivity contribution in [2.75, 3.05) is 18.9 Å². The molecule has 0 saturated heterocycles. The third-order valence-corrected chi connectivity index (χ3v) is 5.84. The van der Waals surface area contributed by atoms with Gasteiger partial charge in [-0.05, 0) is 34.7 Å². The summed E-state index contributed by atoms with van der Waals surface area (Å²) in [5.74, 6) is -0.0410. The van der Waals surface area contributed by atoms with Crippen LogP contribution >= 0.6 is 0 Å². The summed E-state index contributed by atoms with van der Waals surface area (Å²) in [5.41, 5.74) is 12.2. The van der Waals surface area contributed by atoms with Crippen molar-refractivity contribution < 1.29 is 19.7 Å². The highest BCUT2D eigenvalue weighted by molar-refractivity contribution is 5.79. The van der Waals surface area contributed by atoms with Gasteiger partial charge in [0.05, 0.1) is 0 Å². The molecule has 5 N–H and O–H groups in total. The Hall–Kier alpha value is -3.35. The zero-order valence-electron chi connectivity index (χ0n) is 17.3. The number of hydrogen-bond acceptors (Lipinski definition) is 5. The molecule has 1 amide bonds. The number of carbonyl (C=O) groups excluding carboxylic acids is 1. The quantitative estimate of drug-likeness (QED) is 0.459. The fraction of sp³-hybridized carbons (Fsp3) is 0.240. The van der Waals surface area contributed by atoms with Crippen LogP contribution in [0.15, 0.2) is 66.7 Å². The number of fused-ring (bicyclic) bond motifs is 3. The van der Waals surface area contributed by atoms with Crippen molar-refractivity contribution in [3.05, 3.63) is 89.0 Å². The topological polar surface area (TPSA) is 105 Å². The van der Waals surface area contributed by atoms with Gasteiger partial charge in [-0.1, -0.05) is 66.7 Å². The van der Waals surface area contributed by atoms with E-state index in [-0.39, 0.29) is 19.1 Å². The predicted octanol–water partition coefficient (Wildman–Crippen LogP) is 3.51. The molecule has 6 heteroatoms. The number of para-hydroxylation sites is 1. The van der Waals surface area contributed by atoms with E-state index in [0.29, 0.717) is 11.3 Å². The molecule has 0 aromatic heterocycles. The average molecular weight is 418 g/mol. The summed E-state index contributed by atoms with van der Waals surface area (Å²) in [6, 6.07) is 21.4. The minimum Gasteiger partial charge on any atom is -0.449 e. The van der Waals surface area contributed by atoms with Crippen LogP contribution in [0.5, 0.6) is 0 Å². The van der Waals surface area contributed by atoms with Gasteiger partial charge < -0.3 is 26.0 Å². The second kappa shape index (κ2) is 8.79. The number of rotatable bonds is 6. The Kier molecular flexibility index (Phi) is 5.93. The lowest BCUT2D eigenvalue weighted by atomic mass is 9.98. The maximum atomic E-state index is 12.3. The van der Waals surface area contributed by atoms with E-state index in [1.54, 1.807) is 12.1 Å². The fourth-order valence-electron chi connectivity index (χ4n) is 4.12. The van der Waals surface area contributed by atoms with E-state index < -0.39 is 18.3 Å². The van der Waals surface area contributed by atoms with E-state index in [1.807, 2.05) is 49.4 Å². The van der Waals surface area contributed by atoms with Crippen LogP contribution in [0.1, 0.15) is 34.3 Å². The minimum absolute atomic E-state index is 0.0410. The van der Waals surface area contributed by atoms with Gasteiger partial charge in [0.15, 0.2) is 0 Å². The summed E-state index contributed by atoms with van der Waals surface area (Å²) < 4.78 is 5.45. The largest absolute Gasteiger partial charge is 0.449 e. The third kappa shape index (κ3) is 4.13. The first kappa shape index (κ1) is 20.9. The Morgan fingerprint density at radius 1 is 1.00 bits per heavy atom. The van der Waals surface area contributed by atoms with Crippen molar-refractivity contribution in [1.82, 2.24) is 5.32 Å². The summed E-state index contributed by atoms with van der Waals surface area (Å²) in [4.78, 5) is 12.3. The van der Waals surface area contributed by atoms with Gasteiger partial charge in [0.1, 0.15) is 18.8 Å². The van der Waals surface area contributed by atoms with Gasteiger partial charge in [0.25, 0.3) is 0 Å². The summed E-state index contributed by atoms with van der Waals surface area (Å²) >= 11 is 0. The van der Waals surface area contributed by atoms with Crippen molar-refractivity contribution in [3.8, 4) is 11.1 Å². The number of aryl methyl sites for hydroxylation is 1. The Morgan fingerprint density at radius 2 is 1.61 bits per heavy atom. The summed E-state index contributed by atoms with van der Waals surface area (Å²) in [5, 5.41) is 23.2. The maximum absolute atomic E-state index is 12.3. The standard InChI is InChI=1S/C25H26N2O4/c1-15-7-6-12-20(23(15)26)24(29)22(28)13-27-25(30)31-14-21-18-10-4-2-8-16(18)17-9-3-5-11-19(17)21/h2-12,21-22,24,28-29H,13-14,26H2,1H3,(H,27,30). The molecular formula is C25H26N2O4. The van der Waals surface area contributed by atoms with Crippen LogP contribution in [-0.2, 0) is 4.74 Å². The molecule has 3 aromatic rings. The van der Waals surface area contributed by atoms with Crippen molar-refractivity contribution in [2.24, 2.45) is 0 Å². The van der Waals surface area contributed by atoms with Gasteiger partial charge in [0.2, 0.25) is 0 Å². The lowest BCUT2D eigenvalue weighted by Gasteiger charge is -2.21. The van der Waals surface area contributed by atoms with Crippen LogP contribution in [0.3, 0.4) is 0 Å². The van der Waals surface area contributed by atoms with E-state index in [2.05, 4.69) is 17.4 Å². The number of aliphatic hydroxyl groups excluding tert-OH is 2. The number of benzene rings is 3. The minimum atomic E-state index is -1.22. The SMILES string of the molecule is Cc1cccc(C(O)C(O)CNC(=O)OCC2c3ccccc3-c3ccccc32)c1N. The van der Waals surface area contributed by atoms with Gasteiger partial charge in [-0.15, -0.1) is 0 Å². The van der Waals surface area contributed by atoms with Crippen molar-refractivity contribution in [2.45, 2.75) is 25.0 Å². The van der Waals surface area contributed by atoms with E-state index in [0.717, 1.165) is 27.8 Å². The van der Waals surface area contributed by atoms with Crippen LogP contribution in [0.4, 0.5) is 10.5 Å². The van der Waals surface area contributed by atoms with E-state index in [9.17, 15) is 15.0 Å². The second-order valence-corrected chi connectivity index (χ2v) is 7.80. The van der Waals surface area contributed by atoms with Crippen LogP contribution in [0.25, 0.3) is 11.1 Å². The number of ether oxygens (including phenoxy) is 1. The van der Waals surface area contributed by atoms with Crippen molar-refractivity contribution in [1.29, 1.82) is 0 Å². The number of nitrogens with one attached hydrogen (secondary N) is 1. The fourth-order valence-corrected chi connectivity index (χ4v) is 4.12. The highest BCUT2D eigenvalue weighted by atomic mass is 16.5. The number of nitrogen functional groups attached to an aromatic ring is 1. The van der Waals surface area contributed by atoms with Crippen LogP contribution in [-0.4, -0.2) is 35.6 Å². The maximum Gasteiger partial charge on any atom is 0.407 e. The molecule has 31 heavy (non-hydrogen) atoms. The van der Waals surface area contributed by atoms with Gasteiger partial charge in [-0.3, -0.25) is 0 Å². The summed E-state index contributed by atoms with van der Waals surface area (Å²) in [6.07, 6.45) is -3.08. The van der Waals surface area contributed by atoms with Gasteiger partial charge in [-0.2, -0.15) is 0 Å². The molecule has 160 valence electrons. The molecule has 4 rings (SSSR count). The number of hydrogen-bond donors (Lipinski definition) is 4. The molecule has 2 atom stereocenters. The second-order valence-electron chi connectivity index (χ2n) is 7.80. The van der Waals surface area contributed by atoms with E-state index >= 15 is 0 Å². The highest BCUT2D eigenvalue weighted by Gasteiger charge is 2.29. The van der Waals surface area contributed by atoms with Crippen LogP contribution in [0.2, 0.25) is 0 Å². The first-order valence-electron chi connectivity index (χ1n) is 10.3. The Labute approximate surface area is 181 Å². The first-order valence-corrected chi connectivity index (χ1v) is 10.3. The molecule has 2 unspecified atom stereocenters. The van der Waals surface area contributed by atoms with Gasteiger partial charge in [0, 0.05) is 23.7 Å². The summed E-state index contributed by atoms with van der Waals surface area (Å²) in [7, 11) is 0. The van der Waals surface area contributed by atoms with Crippen LogP contribution < -0.4 is 11.1 Å². The van der Waals surface area contributed by atoms with Gasteiger partial charge >= 0.3 is 6.09 Å². The van der Waals surface area contributed by atoms with E-state index in [4.69, 9.17) is 10.5 Å². The molecular weight excluding hydrogens is 392 g/mol. The molecule has 0 spiro atoms. The van der Waals surface area contributed by atoms with Crippen LogP contribution in [0, 0.1) is 6.92 Å². The monoisotopic (exact) mass is 418 g/mol. The Morgan fingerprint density at radius 3 is 2.26 bits per heavy atom. The molecule has 1 aliphatic carbocycles. The molecule has 0 heterocycles. The zero-order valence-corrected chi connectivity index (χ0v) is 17.3. The first-order chi connectivity index (χ1) is 15.0. The molecule has 0 bridgehead atoms. The number of aliphatic hydroxyl groups is 2. The molecule has 0 radical (unpaired) electrons. The van der Waals surface area contributed by atoms with Crippen molar-refractivity contribution in [3.63, 3.8) is 0 Å². The number of carbonyl (C=O) groups is 1. The molecule has 0 aliphatic heterocycles. The van der Waals surface area contributed by atoms with Crippen molar-refractivity contribution >= 4 is 11.8 Å². The Balaban J connectivity index is 1.35. The number of nitrogens with two attached hydrogens (primary N) is 1. The number of anilines is 1. The average Bonchev–Trinajstić information content (AvgIpc) is 3.11. The molecule has 3 aromatic carbocycles. The number of alkyl carbamates (subject to hydrolysis) is 1. The zero-order chi connectivity index (χ0) is 22.0. The molecule has 0 fully saturated rings. The lowest BCUT2D eigenvalue weighted by Crippen LogP contribution is -2.36. The Bertz CT molecular complexity index is 1050. The number of amides is 1.